The number of benzene rings is 1. The van der Waals surface area contributed by atoms with Gasteiger partial charge >= 0.3 is 6.03 Å². The molecule has 2 amide bonds. The van der Waals surface area contributed by atoms with E-state index in [0.29, 0.717) is 32.0 Å². The summed E-state index contributed by atoms with van der Waals surface area (Å²) in [5.41, 5.74) is 0. The molecule has 2 aromatic rings. The zero-order chi connectivity index (χ0) is 18.1. The third kappa shape index (κ3) is 6.92. The molecule has 1 aromatic carbocycles. The predicted octanol–water partition coefficient (Wildman–Crippen LogP) is 4.93. The van der Waals surface area contributed by atoms with Crippen molar-refractivity contribution in [2.24, 2.45) is 0 Å². The Kier molecular flexibility index (Phi) is 8.01. The summed E-state index contributed by atoms with van der Waals surface area (Å²) in [5.74, 6) is 0.373. The largest absolute Gasteiger partial charge is 0.494 e. The van der Waals surface area contributed by atoms with Crippen molar-refractivity contribution >= 4 is 29.0 Å². The summed E-state index contributed by atoms with van der Waals surface area (Å²) in [6, 6.07) is 9.65. The van der Waals surface area contributed by atoms with E-state index in [9.17, 15) is 9.18 Å². The first kappa shape index (κ1) is 19.5. The average Bonchev–Trinajstić information content (AvgIpc) is 3.02. The number of amides is 2. The number of unbranched alkanes of at least 4 members (excludes halogenated alkanes) is 1. The van der Waals surface area contributed by atoms with Crippen molar-refractivity contribution in [3.63, 3.8) is 0 Å². The third-order valence-corrected chi connectivity index (χ3v) is 4.79. The molecular weight excluding hydrogens is 363 g/mol. The van der Waals surface area contributed by atoms with Crippen LogP contribution in [0.5, 0.6) is 5.75 Å². The van der Waals surface area contributed by atoms with Crippen molar-refractivity contribution in [2.75, 3.05) is 19.7 Å². The van der Waals surface area contributed by atoms with Gasteiger partial charge < -0.3 is 15.0 Å². The SMILES string of the molecule is CCN(Cc1ccc(Cl)s1)C(=O)NCCCCOc1ccc(F)cc1. The average molecular weight is 385 g/mol. The quantitative estimate of drug-likeness (QED) is 0.623. The lowest BCUT2D eigenvalue weighted by molar-refractivity contribution is 0.198. The molecule has 0 spiro atoms. The summed E-state index contributed by atoms with van der Waals surface area (Å²) >= 11 is 7.41. The number of rotatable bonds is 9. The van der Waals surface area contributed by atoms with Crippen molar-refractivity contribution < 1.29 is 13.9 Å². The molecule has 136 valence electrons. The van der Waals surface area contributed by atoms with Gasteiger partial charge in [-0.25, -0.2) is 9.18 Å². The zero-order valence-electron chi connectivity index (χ0n) is 14.1. The van der Waals surface area contributed by atoms with Crippen LogP contribution < -0.4 is 10.1 Å². The van der Waals surface area contributed by atoms with E-state index < -0.39 is 0 Å². The molecule has 0 radical (unpaired) electrons. The standard InChI is InChI=1S/C18H22ClFN2O2S/c1-2-22(13-16-9-10-17(19)25-16)18(23)21-11-3-4-12-24-15-7-5-14(20)6-8-15/h5-10H,2-4,11-13H2,1H3,(H,21,23). The highest BCUT2D eigenvalue weighted by molar-refractivity contribution is 7.16. The predicted molar refractivity (Wildman–Crippen MR) is 99.9 cm³/mol. The monoisotopic (exact) mass is 384 g/mol. The Labute approximate surface area is 156 Å². The van der Waals surface area contributed by atoms with Crippen LogP contribution in [-0.4, -0.2) is 30.6 Å². The fourth-order valence-corrected chi connectivity index (χ4v) is 3.31. The number of halogens is 2. The lowest BCUT2D eigenvalue weighted by Gasteiger charge is -2.20. The third-order valence-electron chi connectivity index (χ3n) is 3.57. The molecule has 0 aliphatic heterocycles. The van der Waals surface area contributed by atoms with Crippen LogP contribution in [0.3, 0.4) is 0 Å². The summed E-state index contributed by atoms with van der Waals surface area (Å²) in [6.07, 6.45) is 1.62. The van der Waals surface area contributed by atoms with Gasteiger partial charge in [0.25, 0.3) is 0 Å². The number of ether oxygens (including phenoxy) is 1. The molecule has 7 heteroatoms. The molecule has 0 unspecified atom stereocenters. The van der Waals surface area contributed by atoms with Gasteiger partial charge in [0.05, 0.1) is 17.5 Å². The molecule has 1 aromatic heterocycles. The molecule has 0 aliphatic rings. The van der Waals surface area contributed by atoms with Crippen LogP contribution in [0.1, 0.15) is 24.6 Å². The first-order chi connectivity index (χ1) is 12.1. The highest BCUT2D eigenvalue weighted by Crippen LogP contribution is 2.22. The molecule has 4 nitrogen and oxygen atoms in total. The van der Waals surface area contributed by atoms with Gasteiger partial charge in [-0.3, -0.25) is 0 Å². The summed E-state index contributed by atoms with van der Waals surface area (Å²) in [4.78, 5) is 15.0. The fraction of sp³-hybridized carbons (Fsp3) is 0.389. The second-order valence-electron chi connectivity index (χ2n) is 5.46. The van der Waals surface area contributed by atoms with E-state index in [0.717, 1.165) is 22.1 Å². The van der Waals surface area contributed by atoms with Crippen LogP contribution in [0.25, 0.3) is 0 Å². The number of carbonyl (C=O) groups excluding carboxylic acids is 1. The summed E-state index contributed by atoms with van der Waals surface area (Å²) in [7, 11) is 0. The van der Waals surface area contributed by atoms with Crippen LogP contribution in [-0.2, 0) is 6.54 Å². The van der Waals surface area contributed by atoms with Gasteiger partial charge in [0.1, 0.15) is 11.6 Å². The van der Waals surface area contributed by atoms with Crippen molar-refractivity contribution in [1.82, 2.24) is 10.2 Å². The van der Waals surface area contributed by atoms with Gasteiger partial charge in [0, 0.05) is 18.0 Å². The van der Waals surface area contributed by atoms with E-state index in [1.165, 1.54) is 23.5 Å². The first-order valence-electron chi connectivity index (χ1n) is 8.24. The number of hydrogen-bond acceptors (Lipinski definition) is 3. The molecule has 2 rings (SSSR count). The number of carbonyl (C=O) groups is 1. The molecule has 0 saturated carbocycles. The van der Waals surface area contributed by atoms with Gasteiger partial charge in [0.2, 0.25) is 0 Å². The number of nitrogens with zero attached hydrogens (tertiary/aromatic N) is 1. The highest BCUT2D eigenvalue weighted by Gasteiger charge is 2.12. The van der Waals surface area contributed by atoms with E-state index in [1.807, 2.05) is 19.1 Å². The van der Waals surface area contributed by atoms with Crippen LogP contribution in [0.15, 0.2) is 36.4 Å². The number of thiophene rings is 1. The molecular formula is C18H22ClFN2O2S. The second kappa shape index (κ2) is 10.3. The number of nitrogens with one attached hydrogen (secondary N) is 1. The normalized spacial score (nSPS) is 10.5. The lowest BCUT2D eigenvalue weighted by atomic mass is 10.3. The molecule has 25 heavy (non-hydrogen) atoms. The van der Waals surface area contributed by atoms with E-state index in [-0.39, 0.29) is 11.8 Å². The Balaban J connectivity index is 1.61. The maximum absolute atomic E-state index is 12.8. The second-order valence-corrected chi connectivity index (χ2v) is 7.26. The summed E-state index contributed by atoms with van der Waals surface area (Å²) in [5, 5.41) is 2.92. The van der Waals surface area contributed by atoms with Gasteiger partial charge in [-0.15, -0.1) is 11.3 Å². The minimum Gasteiger partial charge on any atom is -0.494 e. The van der Waals surface area contributed by atoms with Crippen LogP contribution in [0.2, 0.25) is 4.34 Å². The van der Waals surface area contributed by atoms with Crippen LogP contribution in [0.4, 0.5) is 9.18 Å². The fourth-order valence-electron chi connectivity index (χ4n) is 2.21. The minimum absolute atomic E-state index is 0.0773. The van der Waals surface area contributed by atoms with E-state index in [1.54, 1.807) is 17.0 Å². The minimum atomic E-state index is -0.277. The van der Waals surface area contributed by atoms with Crippen molar-refractivity contribution in [3.8, 4) is 5.75 Å². The zero-order valence-corrected chi connectivity index (χ0v) is 15.7. The lowest BCUT2D eigenvalue weighted by Crippen LogP contribution is -2.39. The van der Waals surface area contributed by atoms with Gasteiger partial charge in [-0.05, 0) is 56.2 Å². The van der Waals surface area contributed by atoms with E-state index in [2.05, 4.69) is 5.32 Å². The van der Waals surface area contributed by atoms with E-state index >= 15 is 0 Å². The Hall–Kier alpha value is -1.79. The van der Waals surface area contributed by atoms with Crippen molar-refractivity contribution in [2.45, 2.75) is 26.3 Å². The topological polar surface area (TPSA) is 41.6 Å². The smallest absolute Gasteiger partial charge is 0.317 e. The van der Waals surface area contributed by atoms with Crippen LogP contribution in [0, 0.1) is 5.82 Å². The highest BCUT2D eigenvalue weighted by atomic mass is 35.5. The number of hydrogen-bond donors (Lipinski definition) is 1. The molecule has 0 saturated heterocycles. The summed E-state index contributed by atoms with van der Waals surface area (Å²) < 4.78 is 19.0. The van der Waals surface area contributed by atoms with Crippen LogP contribution >= 0.6 is 22.9 Å². The maximum Gasteiger partial charge on any atom is 0.317 e. The molecule has 0 bridgehead atoms. The molecule has 0 aliphatic carbocycles. The van der Waals surface area contributed by atoms with Gasteiger partial charge in [0.15, 0.2) is 0 Å². The Bertz CT molecular complexity index is 663. The Morgan fingerprint density at radius 3 is 2.64 bits per heavy atom. The van der Waals surface area contributed by atoms with E-state index in [4.69, 9.17) is 16.3 Å². The first-order valence-corrected chi connectivity index (χ1v) is 9.43. The Morgan fingerprint density at radius 2 is 2.00 bits per heavy atom. The molecule has 0 atom stereocenters. The van der Waals surface area contributed by atoms with Crippen molar-refractivity contribution in [3.05, 3.63) is 51.4 Å². The number of urea groups is 1. The van der Waals surface area contributed by atoms with Crippen molar-refractivity contribution in [1.29, 1.82) is 0 Å². The molecule has 1 heterocycles. The maximum atomic E-state index is 12.8. The van der Waals surface area contributed by atoms with Gasteiger partial charge in [-0.2, -0.15) is 0 Å². The molecule has 0 fully saturated rings. The summed E-state index contributed by atoms with van der Waals surface area (Å²) in [6.45, 7) is 4.27. The molecule has 1 N–H and O–H groups in total. The Morgan fingerprint density at radius 1 is 1.24 bits per heavy atom. The van der Waals surface area contributed by atoms with Gasteiger partial charge in [-0.1, -0.05) is 11.6 Å².